The molecule has 0 fully saturated rings. The Morgan fingerprint density at radius 3 is 2.60 bits per heavy atom. The van der Waals surface area contributed by atoms with E-state index in [2.05, 4.69) is 13.0 Å². The number of thioether (sulfide) groups is 1. The minimum absolute atomic E-state index is 0.126. The Labute approximate surface area is 94.7 Å². The molecule has 0 aromatic heterocycles. The first kappa shape index (κ1) is 12.1. The van der Waals surface area contributed by atoms with E-state index in [1.54, 1.807) is 11.8 Å². The lowest BCUT2D eigenvalue weighted by Crippen LogP contribution is -2.03. The molecule has 1 rings (SSSR count). The van der Waals surface area contributed by atoms with Crippen molar-refractivity contribution < 1.29 is 9.90 Å². The Morgan fingerprint density at radius 2 is 2.07 bits per heavy atom. The Kier molecular flexibility index (Phi) is 4.69. The number of carboxylic acids is 1. The smallest absolute Gasteiger partial charge is 0.307 e. The van der Waals surface area contributed by atoms with Crippen molar-refractivity contribution in [2.75, 3.05) is 5.75 Å². The van der Waals surface area contributed by atoms with Gasteiger partial charge in [-0.25, -0.2) is 0 Å². The quantitative estimate of drug-likeness (QED) is 0.781. The van der Waals surface area contributed by atoms with Crippen LogP contribution in [-0.2, 0) is 17.6 Å². The summed E-state index contributed by atoms with van der Waals surface area (Å²) in [5.41, 5.74) is 2.08. The summed E-state index contributed by atoms with van der Waals surface area (Å²) < 4.78 is 0. The molecule has 3 heteroatoms. The fourth-order valence-electron chi connectivity index (χ4n) is 1.53. The monoisotopic (exact) mass is 224 g/mol. The van der Waals surface area contributed by atoms with Crippen LogP contribution in [-0.4, -0.2) is 16.8 Å². The molecule has 1 aromatic carbocycles. The van der Waals surface area contributed by atoms with Crippen LogP contribution < -0.4 is 0 Å². The van der Waals surface area contributed by atoms with Crippen molar-refractivity contribution in [1.82, 2.24) is 0 Å². The van der Waals surface area contributed by atoms with Crippen LogP contribution in [0.3, 0.4) is 0 Å². The number of carbonyl (C=O) groups is 1. The van der Waals surface area contributed by atoms with Gasteiger partial charge in [0.25, 0.3) is 0 Å². The van der Waals surface area contributed by atoms with Crippen molar-refractivity contribution in [1.29, 1.82) is 0 Å². The SMILES string of the molecule is CCSc1ccc(CC)c(CC(=O)O)c1. The van der Waals surface area contributed by atoms with Crippen LogP contribution >= 0.6 is 11.8 Å². The minimum Gasteiger partial charge on any atom is -0.481 e. The minimum atomic E-state index is -0.761. The number of rotatable bonds is 5. The second-order valence-electron chi connectivity index (χ2n) is 3.29. The van der Waals surface area contributed by atoms with E-state index in [4.69, 9.17) is 5.11 Å². The number of aliphatic carboxylic acids is 1. The first-order chi connectivity index (χ1) is 7.17. The van der Waals surface area contributed by atoms with Gasteiger partial charge in [0.2, 0.25) is 0 Å². The Morgan fingerprint density at radius 1 is 1.33 bits per heavy atom. The fourth-order valence-corrected chi connectivity index (χ4v) is 2.25. The number of hydrogen-bond donors (Lipinski definition) is 1. The zero-order valence-electron chi connectivity index (χ0n) is 9.12. The summed E-state index contributed by atoms with van der Waals surface area (Å²) in [5.74, 6) is 0.251. The highest BCUT2D eigenvalue weighted by atomic mass is 32.2. The summed E-state index contributed by atoms with van der Waals surface area (Å²) >= 11 is 1.74. The maximum Gasteiger partial charge on any atom is 0.307 e. The molecule has 0 amide bonds. The average molecular weight is 224 g/mol. The second kappa shape index (κ2) is 5.81. The number of hydrogen-bond acceptors (Lipinski definition) is 2. The summed E-state index contributed by atoms with van der Waals surface area (Å²) in [6.45, 7) is 4.14. The van der Waals surface area contributed by atoms with Crippen molar-refractivity contribution >= 4 is 17.7 Å². The molecule has 0 bridgehead atoms. The van der Waals surface area contributed by atoms with Crippen molar-refractivity contribution in [2.24, 2.45) is 0 Å². The zero-order valence-corrected chi connectivity index (χ0v) is 9.93. The average Bonchev–Trinajstić information content (AvgIpc) is 2.18. The van der Waals surface area contributed by atoms with Gasteiger partial charge in [0, 0.05) is 4.90 Å². The van der Waals surface area contributed by atoms with Crippen LogP contribution in [0.4, 0.5) is 0 Å². The van der Waals surface area contributed by atoms with Crippen LogP contribution in [0.2, 0.25) is 0 Å². The number of benzene rings is 1. The molecule has 0 radical (unpaired) electrons. The molecule has 0 atom stereocenters. The van der Waals surface area contributed by atoms with Gasteiger partial charge in [-0.3, -0.25) is 4.79 Å². The molecule has 15 heavy (non-hydrogen) atoms. The molecule has 1 aromatic rings. The molecule has 2 nitrogen and oxygen atoms in total. The highest BCUT2D eigenvalue weighted by molar-refractivity contribution is 7.99. The molecule has 0 aliphatic heterocycles. The van der Waals surface area contributed by atoms with Crippen LogP contribution in [0, 0.1) is 0 Å². The lowest BCUT2D eigenvalue weighted by Gasteiger charge is -2.07. The zero-order chi connectivity index (χ0) is 11.3. The molecule has 0 saturated heterocycles. The predicted molar refractivity (Wildman–Crippen MR) is 63.6 cm³/mol. The second-order valence-corrected chi connectivity index (χ2v) is 4.63. The highest BCUT2D eigenvalue weighted by Crippen LogP contribution is 2.22. The van der Waals surface area contributed by atoms with Crippen LogP contribution in [0.1, 0.15) is 25.0 Å². The van der Waals surface area contributed by atoms with E-state index >= 15 is 0 Å². The van der Waals surface area contributed by atoms with Gasteiger partial charge in [0.1, 0.15) is 0 Å². The standard InChI is InChI=1S/C12H16O2S/c1-3-9-5-6-11(15-4-2)7-10(9)8-12(13)14/h5-7H,3-4,8H2,1-2H3,(H,13,14). The molecule has 0 aliphatic carbocycles. The summed E-state index contributed by atoms with van der Waals surface area (Å²) in [6.07, 6.45) is 1.01. The molecular weight excluding hydrogens is 208 g/mol. The maximum atomic E-state index is 10.7. The topological polar surface area (TPSA) is 37.3 Å². The van der Waals surface area contributed by atoms with Crippen molar-refractivity contribution in [2.45, 2.75) is 31.6 Å². The van der Waals surface area contributed by atoms with Gasteiger partial charge < -0.3 is 5.11 Å². The Hall–Kier alpha value is -0.960. The van der Waals surface area contributed by atoms with Gasteiger partial charge in [-0.15, -0.1) is 11.8 Å². The molecule has 0 saturated carbocycles. The van der Waals surface area contributed by atoms with Gasteiger partial charge in [0.05, 0.1) is 6.42 Å². The Bertz CT molecular complexity index is 347. The van der Waals surface area contributed by atoms with Crippen molar-refractivity contribution in [3.8, 4) is 0 Å². The van der Waals surface area contributed by atoms with Gasteiger partial charge in [-0.2, -0.15) is 0 Å². The normalized spacial score (nSPS) is 10.3. The summed E-state index contributed by atoms with van der Waals surface area (Å²) in [5, 5.41) is 8.80. The summed E-state index contributed by atoms with van der Waals surface area (Å²) in [7, 11) is 0. The largest absolute Gasteiger partial charge is 0.481 e. The molecule has 1 N–H and O–H groups in total. The fraction of sp³-hybridized carbons (Fsp3) is 0.417. The first-order valence-electron chi connectivity index (χ1n) is 5.13. The van der Waals surface area contributed by atoms with E-state index in [0.29, 0.717) is 0 Å². The molecule has 0 unspecified atom stereocenters. The van der Waals surface area contributed by atoms with Gasteiger partial charge in [-0.1, -0.05) is 19.9 Å². The van der Waals surface area contributed by atoms with Crippen LogP contribution in [0.15, 0.2) is 23.1 Å². The highest BCUT2D eigenvalue weighted by Gasteiger charge is 2.06. The van der Waals surface area contributed by atoms with E-state index in [1.165, 1.54) is 0 Å². The summed E-state index contributed by atoms with van der Waals surface area (Å²) in [6, 6.07) is 6.11. The lowest BCUT2D eigenvalue weighted by atomic mass is 10.0. The molecule has 0 aliphatic rings. The van der Waals surface area contributed by atoms with Crippen molar-refractivity contribution in [3.63, 3.8) is 0 Å². The molecular formula is C12H16O2S. The maximum absolute atomic E-state index is 10.7. The summed E-state index contributed by atoms with van der Waals surface area (Å²) in [4.78, 5) is 11.9. The number of carboxylic acid groups (broad SMARTS) is 1. The number of aryl methyl sites for hydroxylation is 1. The van der Waals surface area contributed by atoms with Gasteiger partial charge >= 0.3 is 5.97 Å². The van der Waals surface area contributed by atoms with Crippen LogP contribution in [0.25, 0.3) is 0 Å². The van der Waals surface area contributed by atoms with Gasteiger partial charge in [-0.05, 0) is 35.4 Å². The third kappa shape index (κ3) is 3.59. The van der Waals surface area contributed by atoms with Gasteiger partial charge in [0.15, 0.2) is 0 Å². The van der Waals surface area contributed by atoms with E-state index in [9.17, 15) is 4.79 Å². The third-order valence-electron chi connectivity index (χ3n) is 2.21. The lowest BCUT2D eigenvalue weighted by molar-refractivity contribution is -0.136. The molecule has 82 valence electrons. The Balaban J connectivity index is 2.96. The molecule has 0 spiro atoms. The van der Waals surface area contributed by atoms with E-state index in [0.717, 1.165) is 28.2 Å². The first-order valence-corrected chi connectivity index (χ1v) is 6.12. The van der Waals surface area contributed by atoms with Crippen LogP contribution in [0.5, 0.6) is 0 Å². The third-order valence-corrected chi connectivity index (χ3v) is 3.09. The molecule has 0 heterocycles. The van der Waals surface area contributed by atoms with E-state index in [-0.39, 0.29) is 6.42 Å². The predicted octanol–water partition coefficient (Wildman–Crippen LogP) is 2.99. The van der Waals surface area contributed by atoms with Crippen molar-refractivity contribution in [3.05, 3.63) is 29.3 Å². The van der Waals surface area contributed by atoms with E-state index < -0.39 is 5.97 Å². The van der Waals surface area contributed by atoms with E-state index in [1.807, 2.05) is 19.1 Å².